The van der Waals surface area contributed by atoms with E-state index in [0.717, 1.165) is 61.4 Å². The second-order valence-corrected chi connectivity index (χ2v) is 7.88. The van der Waals surface area contributed by atoms with E-state index in [1.807, 2.05) is 60.8 Å². The lowest BCUT2D eigenvalue weighted by Gasteiger charge is -2.11. The minimum Gasteiger partial charge on any atom is -0.354 e. The summed E-state index contributed by atoms with van der Waals surface area (Å²) >= 11 is 0. The molecule has 0 aliphatic carbocycles. The fourth-order valence-electron chi connectivity index (χ4n) is 4.03. The van der Waals surface area contributed by atoms with Gasteiger partial charge in [0, 0.05) is 29.0 Å². The van der Waals surface area contributed by atoms with Crippen molar-refractivity contribution in [3.8, 4) is 22.5 Å². The number of H-pyrrole nitrogens is 2. The van der Waals surface area contributed by atoms with Crippen molar-refractivity contribution in [2.75, 3.05) is 5.32 Å². The predicted molar refractivity (Wildman–Crippen MR) is 134 cm³/mol. The molecule has 0 radical (unpaired) electrons. The summed E-state index contributed by atoms with van der Waals surface area (Å²) in [6.45, 7) is 4.16. The lowest BCUT2D eigenvalue weighted by molar-refractivity contribution is 1.12. The number of pyridine rings is 2. The topological polar surface area (TPSA) is 82.3 Å². The van der Waals surface area contributed by atoms with E-state index < -0.39 is 0 Å². The van der Waals surface area contributed by atoms with E-state index in [-0.39, 0.29) is 0 Å². The molecule has 0 amide bonds. The molecule has 158 valence electrons. The second kappa shape index (κ2) is 7.76. The number of nitrogens with zero attached hydrogens (tertiary/aromatic N) is 3. The van der Waals surface area contributed by atoms with Gasteiger partial charge in [0.1, 0.15) is 5.69 Å². The van der Waals surface area contributed by atoms with Crippen LogP contribution in [0.25, 0.3) is 50.1 Å². The Labute approximate surface area is 190 Å². The van der Waals surface area contributed by atoms with E-state index in [4.69, 9.17) is 0 Å². The molecule has 0 saturated carbocycles. The van der Waals surface area contributed by atoms with E-state index in [0.29, 0.717) is 0 Å². The molecular weight excluding hydrogens is 408 g/mol. The third-order valence-electron chi connectivity index (χ3n) is 5.70. The van der Waals surface area contributed by atoms with Gasteiger partial charge in [-0.1, -0.05) is 43.0 Å². The maximum atomic E-state index is 4.56. The Morgan fingerprint density at radius 3 is 2.64 bits per heavy atom. The van der Waals surface area contributed by atoms with Gasteiger partial charge in [0.05, 0.1) is 34.1 Å². The van der Waals surface area contributed by atoms with Crippen LogP contribution in [-0.4, -0.2) is 25.1 Å². The van der Waals surface area contributed by atoms with Crippen molar-refractivity contribution in [3.05, 3.63) is 104 Å². The number of rotatable bonds is 5. The number of nitrogens with one attached hydrogen (secondary N) is 3. The zero-order valence-electron chi connectivity index (χ0n) is 17.7. The summed E-state index contributed by atoms with van der Waals surface area (Å²) in [5, 5.41) is 12.1. The average molecular weight is 428 g/mol. The Morgan fingerprint density at radius 1 is 0.848 bits per heavy atom. The smallest absolute Gasteiger partial charge is 0.116 e. The summed E-state index contributed by atoms with van der Waals surface area (Å²) in [5.41, 5.74) is 9.49. The molecule has 0 saturated heterocycles. The molecule has 4 aromatic heterocycles. The Hall–Kier alpha value is -4.71. The fourth-order valence-corrected chi connectivity index (χ4v) is 4.03. The Morgan fingerprint density at radius 2 is 1.76 bits per heavy atom. The van der Waals surface area contributed by atoms with Gasteiger partial charge in [0.15, 0.2) is 0 Å². The molecule has 0 fully saturated rings. The van der Waals surface area contributed by atoms with E-state index in [9.17, 15) is 0 Å². The normalized spacial score (nSPS) is 11.2. The fraction of sp³-hybridized carbons (Fsp3) is 0. The molecule has 0 unspecified atom stereocenters. The molecule has 33 heavy (non-hydrogen) atoms. The van der Waals surface area contributed by atoms with Crippen LogP contribution in [0.15, 0.2) is 98.0 Å². The molecular formula is C27H20N6. The van der Waals surface area contributed by atoms with Crippen molar-refractivity contribution >= 4 is 33.3 Å². The molecule has 6 nitrogen and oxygen atoms in total. The molecule has 0 atom stereocenters. The highest BCUT2D eigenvalue weighted by molar-refractivity contribution is 5.97. The van der Waals surface area contributed by atoms with Crippen molar-refractivity contribution in [2.24, 2.45) is 0 Å². The van der Waals surface area contributed by atoms with Gasteiger partial charge in [-0.05, 0) is 47.5 Å². The molecule has 2 aromatic carbocycles. The first-order valence-electron chi connectivity index (χ1n) is 10.6. The number of hydrogen-bond acceptors (Lipinski definition) is 4. The summed E-state index contributed by atoms with van der Waals surface area (Å²) in [5.74, 6) is 0. The summed E-state index contributed by atoms with van der Waals surface area (Å²) in [4.78, 5) is 12.3. The lowest BCUT2D eigenvalue weighted by Crippen LogP contribution is -1.98. The third kappa shape index (κ3) is 3.53. The van der Waals surface area contributed by atoms with Gasteiger partial charge in [0.25, 0.3) is 0 Å². The van der Waals surface area contributed by atoms with E-state index in [2.05, 4.69) is 55.2 Å². The van der Waals surface area contributed by atoms with Gasteiger partial charge in [-0.3, -0.25) is 15.1 Å². The number of anilines is 1. The predicted octanol–water partition coefficient (Wildman–Crippen LogP) is 6.25. The Kier molecular flexibility index (Phi) is 4.47. The average Bonchev–Trinajstić information content (AvgIpc) is 3.48. The zero-order valence-corrected chi connectivity index (χ0v) is 17.7. The Bertz CT molecular complexity index is 1580. The van der Waals surface area contributed by atoms with Crippen LogP contribution in [0.3, 0.4) is 0 Å². The molecule has 0 aliphatic heterocycles. The van der Waals surface area contributed by atoms with E-state index in [1.54, 1.807) is 12.4 Å². The van der Waals surface area contributed by atoms with Crippen LogP contribution < -0.4 is 5.32 Å². The molecule has 6 aromatic rings. The highest BCUT2D eigenvalue weighted by Crippen LogP contribution is 2.32. The number of hydrogen-bond donors (Lipinski definition) is 3. The maximum absolute atomic E-state index is 4.56. The lowest BCUT2D eigenvalue weighted by atomic mass is 10.0. The van der Waals surface area contributed by atoms with E-state index >= 15 is 0 Å². The monoisotopic (exact) mass is 428 g/mol. The van der Waals surface area contributed by atoms with Crippen LogP contribution in [0.2, 0.25) is 0 Å². The number of aromatic amines is 2. The zero-order chi connectivity index (χ0) is 22.2. The quantitative estimate of drug-likeness (QED) is 0.303. The highest BCUT2D eigenvalue weighted by Gasteiger charge is 2.13. The minimum absolute atomic E-state index is 0.828. The van der Waals surface area contributed by atoms with Crippen molar-refractivity contribution in [2.45, 2.75) is 0 Å². The van der Waals surface area contributed by atoms with E-state index in [1.165, 1.54) is 0 Å². The van der Waals surface area contributed by atoms with Gasteiger partial charge in [-0.15, -0.1) is 0 Å². The van der Waals surface area contributed by atoms with Crippen LogP contribution in [0, 0.1) is 0 Å². The van der Waals surface area contributed by atoms with Crippen LogP contribution in [-0.2, 0) is 0 Å². The SMILES string of the molecule is C=C(Nc1cncc(-c2ccc3[nH]nc(-c4cc5ncccc5[nH]4)c3c2)c1)c1ccccc1. The third-order valence-corrected chi connectivity index (χ3v) is 5.70. The number of fused-ring (bicyclic) bond motifs is 2. The molecule has 3 N–H and O–H groups in total. The largest absolute Gasteiger partial charge is 0.354 e. The number of aromatic nitrogens is 5. The minimum atomic E-state index is 0.828. The van der Waals surface area contributed by atoms with Gasteiger partial charge in [-0.2, -0.15) is 5.10 Å². The Balaban J connectivity index is 1.36. The molecule has 4 heterocycles. The summed E-state index contributed by atoms with van der Waals surface area (Å²) < 4.78 is 0. The van der Waals surface area contributed by atoms with Crippen LogP contribution >= 0.6 is 0 Å². The van der Waals surface area contributed by atoms with Crippen LogP contribution in [0.1, 0.15) is 5.56 Å². The molecule has 0 spiro atoms. The molecule has 0 bridgehead atoms. The molecule has 6 rings (SSSR count). The van der Waals surface area contributed by atoms with Gasteiger partial charge >= 0.3 is 0 Å². The summed E-state index contributed by atoms with van der Waals surface area (Å²) in [7, 11) is 0. The number of benzene rings is 2. The van der Waals surface area contributed by atoms with Crippen molar-refractivity contribution < 1.29 is 0 Å². The van der Waals surface area contributed by atoms with Gasteiger partial charge in [-0.25, -0.2) is 0 Å². The van der Waals surface area contributed by atoms with Crippen LogP contribution in [0.4, 0.5) is 5.69 Å². The second-order valence-electron chi connectivity index (χ2n) is 7.88. The standard InChI is InChI=1S/C27H20N6/c1-17(18-6-3-2-4-7-18)30-21-12-20(15-28-16-21)19-9-10-23-22(13-19)27(33-32-23)26-14-25-24(31-26)8-5-11-29-25/h2-16,30-31H,1H2,(H,32,33). The first-order valence-corrected chi connectivity index (χ1v) is 10.6. The maximum Gasteiger partial charge on any atom is 0.116 e. The molecule has 0 aliphatic rings. The first kappa shape index (κ1) is 19.0. The van der Waals surface area contributed by atoms with Gasteiger partial charge in [0.2, 0.25) is 0 Å². The highest BCUT2D eigenvalue weighted by atomic mass is 15.1. The van der Waals surface area contributed by atoms with Crippen molar-refractivity contribution in [1.82, 2.24) is 25.1 Å². The van der Waals surface area contributed by atoms with Gasteiger partial charge < -0.3 is 10.3 Å². The van der Waals surface area contributed by atoms with Crippen molar-refractivity contribution in [3.63, 3.8) is 0 Å². The summed E-state index contributed by atoms with van der Waals surface area (Å²) in [6.07, 6.45) is 5.46. The molecule has 6 heteroatoms. The first-order chi connectivity index (χ1) is 16.2. The van der Waals surface area contributed by atoms with Crippen LogP contribution in [0.5, 0.6) is 0 Å². The van der Waals surface area contributed by atoms with Crippen molar-refractivity contribution in [1.29, 1.82) is 0 Å². The summed E-state index contributed by atoms with van der Waals surface area (Å²) in [6, 6.07) is 24.3.